The molecule has 0 aliphatic heterocycles. The third-order valence-electron chi connectivity index (χ3n) is 6.67. The first-order valence-electron chi connectivity index (χ1n) is 12.9. The Morgan fingerprint density at radius 1 is 0.978 bits per heavy atom. The number of alkyl halides is 5. The predicted molar refractivity (Wildman–Crippen MR) is 161 cm³/mol. The number of methoxy groups -OCH3 is 1. The van der Waals surface area contributed by atoms with Crippen LogP contribution in [0, 0.1) is 11.6 Å². The van der Waals surface area contributed by atoms with Crippen molar-refractivity contribution < 1.29 is 45.0 Å². The number of aromatic nitrogens is 1. The highest BCUT2D eigenvalue weighted by molar-refractivity contribution is 7.23. The largest absolute Gasteiger partial charge is 0.497 e. The van der Waals surface area contributed by atoms with Crippen molar-refractivity contribution in [3.05, 3.63) is 124 Å². The fourth-order valence-corrected chi connectivity index (χ4v) is 4.77. The Labute approximate surface area is 262 Å². The van der Waals surface area contributed by atoms with Crippen molar-refractivity contribution in [2.45, 2.75) is 29.6 Å². The van der Waals surface area contributed by atoms with E-state index in [0.717, 1.165) is 24.3 Å². The van der Waals surface area contributed by atoms with Gasteiger partial charge in [-0.2, -0.15) is 17.6 Å². The lowest BCUT2D eigenvalue weighted by Gasteiger charge is -2.36. The molecule has 1 heterocycles. The van der Waals surface area contributed by atoms with Crippen molar-refractivity contribution in [2.75, 3.05) is 7.11 Å². The van der Waals surface area contributed by atoms with Gasteiger partial charge in [-0.05, 0) is 65.7 Å². The molecule has 1 N–H and O–H groups in total. The molecular formula is C30H24ClF7N2O3P2. The monoisotopic (exact) mass is 690 g/mol. The van der Waals surface area contributed by atoms with Gasteiger partial charge in [0.1, 0.15) is 28.7 Å². The van der Waals surface area contributed by atoms with Gasteiger partial charge in [-0.15, -0.1) is 0 Å². The summed E-state index contributed by atoms with van der Waals surface area (Å²) < 4.78 is 109. The number of ether oxygens (including phenoxy) is 2. The molecule has 0 aliphatic carbocycles. The third-order valence-corrected chi connectivity index (χ3v) is 8.17. The molecule has 4 aromatic rings. The summed E-state index contributed by atoms with van der Waals surface area (Å²) in [6, 6.07) is 13.8. The number of halogens is 8. The molecule has 4 rings (SSSR count). The molecule has 45 heavy (non-hydrogen) atoms. The molecule has 0 fully saturated rings. The molecule has 0 saturated carbocycles. The van der Waals surface area contributed by atoms with Crippen LogP contribution in [0.3, 0.4) is 0 Å². The van der Waals surface area contributed by atoms with Crippen molar-refractivity contribution in [1.82, 2.24) is 10.3 Å². The van der Waals surface area contributed by atoms with Crippen molar-refractivity contribution in [3.63, 3.8) is 0 Å². The first-order chi connectivity index (χ1) is 21.0. The van der Waals surface area contributed by atoms with Crippen LogP contribution < -0.4 is 14.8 Å². The van der Waals surface area contributed by atoms with Gasteiger partial charge in [0.05, 0.1) is 23.4 Å². The van der Waals surface area contributed by atoms with E-state index in [-0.39, 0.29) is 22.7 Å². The molecule has 238 valence electrons. The minimum atomic E-state index is -5.12. The first kappa shape index (κ1) is 34.4. The average Bonchev–Trinajstić information content (AvgIpc) is 2.96. The number of nitrogens with one attached hydrogen (secondary N) is 1. The van der Waals surface area contributed by atoms with Crippen LogP contribution in [-0.2, 0) is 18.1 Å². The maximum atomic E-state index is 15.2. The molecule has 3 aromatic carbocycles. The summed E-state index contributed by atoms with van der Waals surface area (Å²) in [5, 5.41) is 2.83. The van der Waals surface area contributed by atoms with Crippen molar-refractivity contribution in [1.29, 1.82) is 0 Å². The molecule has 0 radical (unpaired) electrons. The van der Waals surface area contributed by atoms with Gasteiger partial charge in [0.15, 0.2) is 5.91 Å². The maximum absolute atomic E-state index is 15.2. The van der Waals surface area contributed by atoms with Crippen LogP contribution in [0.25, 0.3) is 0 Å². The van der Waals surface area contributed by atoms with Gasteiger partial charge in [0.2, 0.25) is 0 Å². The van der Waals surface area contributed by atoms with Gasteiger partial charge in [0.25, 0.3) is 11.5 Å². The van der Waals surface area contributed by atoms with Gasteiger partial charge in [-0.1, -0.05) is 42.2 Å². The zero-order valence-corrected chi connectivity index (χ0v) is 26.2. The summed E-state index contributed by atoms with van der Waals surface area (Å²) >= 11 is 6.06. The Hall–Kier alpha value is -3.46. The Morgan fingerprint density at radius 3 is 2.24 bits per heavy atom. The van der Waals surface area contributed by atoms with Crippen LogP contribution >= 0.6 is 30.1 Å². The normalized spacial score (nSPS) is 15.0. The summed E-state index contributed by atoms with van der Waals surface area (Å²) in [5.74, 6) is -5.98. The van der Waals surface area contributed by atoms with E-state index in [9.17, 15) is 31.1 Å². The van der Waals surface area contributed by atoms with E-state index in [2.05, 4.69) is 10.3 Å². The quantitative estimate of drug-likeness (QED) is 0.135. The Kier molecular flexibility index (Phi) is 10.3. The van der Waals surface area contributed by atoms with E-state index in [4.69, 9.17) is 21.1 Å². The Balaban J connectivity index is 1.96. The number of pyridine rings is 1. The van der Waals surface area contributed by atoms with Crippen molar-refractivity contribution in [3.8, 4) is 11.5 Å². The zero-order valence-electron chi connectivity index (χ0n) is 23.1. The van der Waals surface area contributed by atoms with E-state index in [1.165, 1.54) is 34.7 Å². The van der Waals surface area contributed by atoms with Crippen LogP contribution in [0.5, 0.6) is 11.5 Å². The standard InChI is InChI=1S/C30H24ClF7N2O3P2/c1-42-21-6-2-16(3-7-21)14-28(25-9-5-19(31)15-39-25,18-11-20(32)13-22(12-18)43-30(38,45)27(34)44)40-26(41)17-4-8-24(33)23(10-17)29(35,36)37/h2-13,15,27H,14,44-45H2,1H3,(H,40,41)/t27?,28-,30?/m1/s1. The highest BCUT2D eigenvalue weighted by Gasteiger charge is 2.41. The SMILES string of the molecule is COc1ccc(C[C@@](NC(=O)c2ccc(F)c(C(F)(F)F)c2)(c2cc(F)cc(OC(F)(P)C(F)P)c2)c2ccc(Cl)cn2)cc1. The number of rotatable bonds is 10. The molecule has 4 unspecified atom stereocenters. The minimum absolute atomic E-state index is 0.0255. The van der Waals surface area contributed by atoms with Crippen molar-refractivity contribution >= 4 is 36.0 Å². The lowest BCUT2D eigenvalue weighted by Crippen LogP contribution is -2.49. The molecule has 1 amide bonds. The summed E-state index contributed by atoms with van der Waals surface area (Å²) in [7, 11) is 4.55. The van der Waals surface area contributed by atoms with Crippen molar-refractivity contribution in [2.24, 2.45) is 0 Å². The van der Waals surface area contributed by atoms with E-state index in [0.29, 0.717) is 23.4 Å². The first-order valence-corrected chi connectivity index (χ1v) is 14.5. The summed E-state index contributed by atoms with van der Waals surface area (Å²) in [6.07, 6.45) is -4.11. The van der Waals surface area contributed by atoms with Gasteiger partial charge >= 0.3 is 6.18 Å². The van der Waals surface area contributed by atoms with Gasteiger partial charge in [-0.3, -0.25) is 9.78 Å². The van der Waals surface area contributed by atoms with Crippen LogP contribution in [0.15, 0.2) is 79.0 Å². The zero-order chi connectivity index (χ0) is 33.2. The maximum Gasteiger partial charge on any atom is 0.419 e. The molecule has 0 bridgehead atoms. The number of carbonyl (C=O) groups is 1. The molecule has 1 aromatic heterocycles. The fourth-order valence-electron chi connectivity index (χ4n) is 4.45. The Morgan fingerprint density at radius 2 is 1.67 bits per heavy atom. The smallest absolute Gasteiger partial charge is 0.419 e. The van der Waals surface area contributed by atoms with E-state index >= 15 is 4.39 Å². The number of hydrogen-bond donors (Lipinski definition) is 1. The van der Waals surface area contributed by atoms with Gasteiger partial charge in [-0.25, -0.2) is 13.2 Å². The highest BCUT2D eigenvalue weighted by Crippen LogP contribution is 2.40. The van der Waals surface area contributed by atoms with E-state index in [1.807, 2.05) is 0 Å². The summed E-state index contributed by atoms with van der Waals surface area (Å²) in [5.41, 5.74) is -6.78. The summed E-state index contributed by atoms with van der Waals surface area (Å²) in [6.45, 7) is 0. The highest BCUT2D eigenvalue weighted by atomic mass is 35.5. The van der Waals surface area contributed by atoms with E-state index < -0.39 is 57.6 Å². The van der Waals surface area contributed by atoms with Crippen LogP contribution in [0.4, 0.5) is 30.7 Å². The number of benzene rings is 3. The second kappa shape index (κ2) is 13.5. The minimum Gasteiger partial charge on any atom is -0.497 e. The second-order valence-corrected chi connectivity index (χ2v) is 11.6. The number of carbonyl (C=O) groups excluding carboxylic acids is 1. The number of hydrogen-bond acceptors (Lipinski definition) is 4. The molecular weight excluding hydrogens is 667 g/mol. The molecule has 0 aliphatic rings. The van der Waals surface area contributed by atoms with Gasteiger partial charge in [0, 0.05) is 24.2 Å². The Bertz CT molecular complexity index is 1670. The fraction of sp³-hybridized carbons (Fsp3) is 0.200. The lowest BCUT2D eigenvalue weighted by molar-refractivity contribution is -0.140. The molecule has 15 heteroatoms. The number of nitrogens with zero attached hydrogens (tertiary/aromatic N) is 1. The predicted octanol–water partition coefficient (Wildman–Crippen LogP) is 8.00. The summed E-state index contributed by atoms with van der Waals surface area (Å²) in [4.78, 5) is 18.0. The molecule has 5 atom stereocenters. The third kappa shape index (κ3) is 8.04. The number of amides is 1. The van der Waals surface area contributed by atoms with Crippen LogP contribution in [0.1, 0.15) is 32.7 Å². The molecule has 0 spiro atoms. The average molecular weight is 691 g/mol. The van der Waals surface area contributed by atoms with Crippen LogP contribution in [-0.4, -0.2) is 29.5 Å². The van der Waals surface area contributed by atoms with Gasteiger partial charge < -0.3 is 14.8 Å². The molecule has 0 saturated heterocycles. The molecule has 5 nitrogen and oxygen atoms in total. The van der Waals surface area contributed by atoms with Crippen LogP contribution in [0.2, 0.25) is 5.02 Å². The second-order valence-electron chi connectivity index (χ2n) is 9.82. The lowest BCUT2D eigenvalue weighted by atomic mass is 9.80. The van der Waals surface area contributed by atoms with E-state index in [1.54, 1.807) is 33.5 Å². The topological polar surface area (TPSA) is 60.5 Å².